The van der Waals surface area contributed by atoms with Crippen LogP contribution in [0.2, 0.25) is 0 Å². The lowest BCUT2D eigenvalue weighted by molar-refractivity contribution is -0.122. The standard InChI is InChI=1S/C16H19N3O/c17-15(12-14-6-9-18-10-7-14)16(20)19-11-8-13-4-2-1-3-5-13/h1-7,9-10,15H,8,11-12,17H2,(H,19,20)/t15-/m1/s1. The van der Waals surface area contributed by atoms with Crippen molar-refractivity contribution in [1.29, 1.82) is 0 Å². The highest BCUT2D eigenvalue weighted by Crippen LogP contribution is 2.01. The third-order valence-corrected chi connectivity index (χ3v) is 3.10. The van der Waals surface area contributed by atoms with Gasteiger partial charge in [0.05, 0.1) is 6.04 Å². The molecule has 1 aromatic heterocycles. The van der Waals surface area contributed by atoms with Gasteiger partial charge in [-0.3, -0.25) is 9.78 Å². The smallest absolute Gasteiger partial charge is 0.237 e. The molecule has 1 atom stereocenters. The van der Waals surface area contributed by atoms with Gasteiger partial charge in [0.1, 0.15) is 0 Å². The molecular formula is C16H19N3O. The molecule has 104 valence electrons. The lowest BCUT2D eigenvalue weighted by Crippen LogP contribution is -2.42. The third-order valence-electron chi connectivity index (χ3n) is 3.10. The summed E-state index contributed by atoms with van der Waals surface area (Å²) in [5.41, 5.74) is 8.12. The van der Waals surface area contributed by atoms with Crippen LogP contribution >= 0.6 is 0 Å². The van der Waals surface area contributed by atoms with E-state index in [4.69, 9.17) is 5.73 Å². The molecule has 0 unspecified atom stereocenters. The van der Waals surface area contributed by atoms with Crippen LogP contribution in [0.15, 0.2) is 54.9 Å². The first-order valence-electron chi connectivity index (χ1n) is 6.72. The van der Waals surface area contributed by atoms with Gasteiger partial charge in [0.25, 0.3) is 0 Å². The lowest BCUT2D eigenvalue weighted by atomic mass is 10.1. The zero-order chi connectivity index (χ0) is 14.2. The summed E-state index contributed by atoms with van der Waals surface area (Å²) in [5.74, 6) is -0.113. The van der Waals surface area contributed by atoms with Crippen molar-refractivity contribution in [2.24, 2.45) is 5.73 Å². The fourth-order valence-corrected chi connectivity index (χ4v) is 1.97. The summed E-state index contributed by atoms with van der Waals surface area (Å²) >= 11 is 0. The second-order valence-corrected chi connectivity index (χ2v) is 4.69. The average Bonchev–Trinajstić information content (AvgIpc) is 2.49. The van der Waals surface area contributed by atoms with E-state index in [0.717, 1.165) is 12.0 Å². The maximum absolute atomic E-state index is 11.9. The Labute approximate surface area is 119 Å². The predicted octanol–water partition coefficient (Wildman–Crippen LogP) is 1.31. The van der Waals surface area contributed by atoms with Crippen molar-refractivity contribution < 1.29 is 4.79 Å². The molecule has 0 fully saturated rings. The van der Waals surface area contributed by atoms with Gasteiger partial charge in [-0.2, -0.15) is 0 Å². The minimum atomic E-state index is -0.520. The molecular weight excluding hydrogens is 250 g/mol. The number of carbonyl (C=O) groups is 1. The van der Waals surface area contributed by atoms with Crippen LogP contribution in [0.3, 0.4) is 0 Å². The first-order chi connectivity index (χ1) is 9.75. The predicted molar refractivity (Wildman–Crippen MR) is 79.1 cm³/mol. The number of nitrogens with two attached hydrogens (primary N) is 1. The molecule has 3 N–H and O–H groups in total. The van der Waals surface area contributed by atoms with Crippen molar-refractivity contribution in [2.45, 2.75) is 18.9 Å². The van der Waals surface area contributed by atoms with Crippen molar-refractivity contribution >= 4 is 5.91 Å². The molecule has 0 saturated carbocycles. The third kappa shape index (κ3) is 4.48. The number of amides is 1. The summed E-state index contributed by atoms with van der Waals surface area (Å²) in [5, 5.41) is 2.87. The summed E-state index contributed by atoms with van der Waals surface area (Å²) < 4.78 is 0. The van der Waals surface area contributed by atoms with Gasteiger partial charge in [-0.25, -0.2) is 0 Å². The van der Waals surface area contributed by atoms with Gasteiger partial charge in [0.2, 0.25) is 5.91 Å². The Morgan fingerprint density at radius 3 is 2.50 bits per heavy atom. The number of hydrogen-bond donors (Lipinski definition) is 2. The SMILES string of the molecule is N[C@H](Cc1ccncc1)C(=O)NCCc1ccccc1. The molecule has 0 radical (unpaired) electrons. The van der Waals surface area contributed by atoms with Crippen LogP contribution in [-0.4, -0.2) is 23.5 Å². The average molecular weight is 269 g/mol. The highest BCUT2D eigenvalue weighted by Gasteiger charge is 2.13. The Kier molecular flexibility index (Phi) is 5.26. The Hall–Kier alpha value is -2.20. The lowest BCUT2D eigenvalue weighted by Gasteiger charge is -2.12. The number of carbonyl (C=O) groups excluding carboxylic acids is 1. The molecule has 20 heavy (non-hydrogen) atoms. The summed E-state index contributed by atoms with van der Waals surface area (Å²) in [4.78, 5) is 15.8. The van der Waals surface area contributed by atoms with Crippen LogP contribution in [-0.2, 0) is 17.6 Å². The Morgan fingerprint density at radius 2 is 1.80 bits per heavy atom. The van der Waals surface area contributed by atoms with Gasteiger partial charge in [-0.05, 0) is 36.1 Å². The number of benzene rings is 1. The Bertz CT molecular complexity index is 528. The topological polar surface area (TPSA) is 68.0 Å². The normalized spacial score (nSPS) is 11.8. The molecule has 1 amide bonds. The van der Waals surface area contributed by atoms with E-state index in [-0.39, 0.29) is 5.91 Å². The molecule has 2 rings (SSSR count). The molecule has 0 aliphatic carbocycles. The molecule has 0 aliphatic heterocycles. The van der Waals surface area contributed by atoms with Gasteiger partial charge >= 0.3 is 0 Å². The van der Waals surface area contributed by atoms with Crippen LogP contribution in [0, 0.1) is 0 Å². The van der Waals surface area contributed by atoms with Crippen molar-refractivity contribution in [1.82, 2.24) is 10.3 Å². The molecule has 4 nitrogen and oxygen atoms in total. The number of pyridine rings is 1. The van der Waals surface area contributed by atoms with Crippen LogP contribution in [0.1, 0.15) is 11.1 Å². The van der Waals surface area contributed by atoms with E-state index < -0.39 is 6.04 Å². The number of aromatic nitrogens is 1. The van der Waals surface area contributed by atoms with Gasteiger partial charge in [-0.15, -0.1) is 0 Å². The fraction of sp³-hybridized carbons (Fsp3) is 0.250. The van der Waals surface area contributed by atoms with E-state index >= 15 is 0 Å². The largest absolute Gasteiger partial charge is 0.354 e. The molecule has 4 heteroatoms. The van der Waals surface area contributed by atoms with Crippen molar-refractivity contribution in [3.8, 4) is 0 Å². The van der Waals surface area contributed by atoms with Crippen LogP contribution < -0.4 is 11.1 Å². The van der Waals surface area contributed by atoms with E-state index in [1.165, 1.54) is 5.56 Å². The van der Waals surface area contributed by atoms with Gasteiger partial charge < -0.3 is 11.1 Å². The minimum absolute atomic E-state index is 0.113. The van der Waals surface area contributed by atoms with E-state index in [9.17, 15) is 4.79 Å². The van der Waals surface area contributed by atoms with Crippen LogP contribution in [0.5, 0.6) is 0 Å². The molecule has 2 aromatic rings. The zero-order valence-corrected chi connectivity index (χ0v) is 11.3. The zero-order valence-electron chi connectivity index (χ0n) is 11.3. The molecule has 0 bridgehead atoms. The molecule has 0 saturated heterocycles. The highest BCUT2D eigenvalue weighted by atomic mass is 16.2. The molecule has 1 heterocycles. The van der Waals surface area contributed by atoms with E-state index in [2.05, 4.69) is 10.3 Å². The number of nitrogens with zero attached hydrogens (tertiary/aromatic N) is 1. The van der Waals surface area contributed by atoms with Crippen molar-refractivity contribution in [3.05, 3.63) is 66.0 Å². The summed E-state index contributed by atoms with van der Waals surface area (Å²) in [7, 11) is 0. The van der Waals surface area contributed by atoms with Crippen LogP contribution in [0.4, 0.5) is 0 Å². The minimum Gasteiger partial charge on any atom is -0.354 e. The first-order valence-corrected chi connectivity index (χ1v) is 6.72. The van der Waals surface area contributed by atoms with Crippen LogP contribution in [0.25, 0.3) is 0 Å². The van der Waals surface area contributed by atoms with Gasteiger partial charge in [0, 0.05) is 18.9 Å². The maximum atomic E-state index is 11.9. The molecule has 1 aromatic carbocycles. The van der Waals surface area contributed by atoms with E-state index in [1.54, 1.807) is 12.4 Å². The molecule has 0 spiro atoms. The van der Waals surface area contributed by atoms with Gasteiger partial charge in [-0.1, -0.05) is 30.3 Å². The second kappa shape index (κ2) is 7.40. The van der Waals surface area contributed by atoms with E-state index in [1.807, 2.05) is 42.5 Å². The quantitative estimate of drug-likeness (QED) is 0.831. The summed E-state index contributed by atoms with van der Waals surface area (Å²) in [6, 6.07) is 13.3. The Balaban J connectivity index is 1.74. The monoisotopic (exact) mass is 269 g/mol. The van der Waals surface area contributed by atoms with Gasteiger partial charge in [0.15, 0.2) is 0 Å². The fourth-order valence-electron chi connectivity index (χ4n) is 1.97. The summed E-state index contributed by atoms with van der Waals surface area (Å²) in [6.07, 6.45) is 4.75. The van der Waals surface area contributed by atoms with Crippen molar-refractivity contribution in [2.75, 3.05) is 6.54 Å². The van der Waals surface area contributed by atoms with Crippen molar-refractivity contribution in [3.63, 3.8) is 0 Å². The number of hydrogen-bond acceptors (Lipinski definition) is 3. The number of nitrogens with one attached hydrogen (secondary N) is 1. The molecule has 0 aliphatic rings. The highest BCUT2D eigenvalue weighted by molar-refractivity contribution is 5.81. The second-order valence-electron chi connectivity index (χ2n) is 4.69. The maximum Gasteiger partial charge on any atom is 0.237 e. The van der Waals surface area contributed by atoms with E-state index in [0.29, 0.717) is 13.0 Å². The Morgan fingerprint density at radius 1 is 1.10 bits per heavy atom. The first kappa shape index (κ1) is 14.2. The summed E-state index contributed by atoms with van der Waals surface area (Å²) in [6.45, 7) is 0.604. The number of rotatable bonds is 6.